The lowest BCUT2D eigenvalue weighted by Gasteiger charge is -2.20. The van der Waals surface area contributed by atoms with E-state index < -0.39 is 0 Å². The van der Waals surface area contributed by atoms with Crippen LogP contribution in [0.15, 0.2) is 54.6 Å². The van der Waals surface area contributed by atoms with Crippen LogP contribution in [0, 0.1) is 0 Å². The van der Waals surface area contributed by atoms with E-state index in [1.807, 2.05) is 75.4 Å². The van der Waals surface area contributed by atoms with Crippen LogP contribution >= 0.6 is 0 Å². The lowest BCUT2D eigenvalue weighted by atomic mass is 10.1. The summed E-state index contributed by atoms with van der Waals surface area (Å²) in [6.07, 6.45) is 0.184. The molecule has 2 aromatic rings. The number of carbonyl (C=O) groups excluding carboxylic acids is 1. The average Bonchev–Trinajstić information content (AvgIpc) is 2.58. The molecule has 0 saturated carbocycles. The summed E-state index contributed by atoms with van der Waals surface area (Å²) < 4.78 is 16.7. The zero-order valence-corrected chi connectivity index (χ0v) is 15.2. The van der Waals surface area contributed by atoms with Crippen molar-refractivity contribution in [3.05, 3.63) is 65.7 Å². The molecule has 0 aromatic heterocycles. The van der Waals surface area contributed by atoms with E-state index in [9.17, 15) is 4.79 Å². The maximum atomic E-state index is 12.1. The fourth-order valence-electron chi connectivity index (χ4n) is 2.23. The monoisotopic (exact) mass is 342 g/mol. The number of rotatable bonds is 8. The minimum absolute atomic E-state index is 0.184. The third-order valence-electron chi connectivity index (χ3n) is 3.43. The summed E-state index contributed by atoms with van der Waals surface area (Å²) in [5.41, 5.74) is 1.60. The Labute approximate surface area is 149 Å². The summed E-state index contributed by atoms with van der Waals surface area (Å²) >= 11 is 0. The summed E-state index contributed by atoms with van der Waals surface area (Å²) in [6.45, 7) is 7.23. The predicted molar refractivity (Wildman–Crippen MR) is 97.6 cm³/mol. The quantitative estimate of drug-likeness (QED) is 0.534. The minimum atomic E-state index is -0.272. The van der Waals surface area contributed by atoms with Crippen molar-refractivity contribution in [3.63, 3.8) is 0 Å². The minimum Gasteiger partial charge on any atom is -0.491 e. The number of hydrogen-bond donors (Lipinski definition) is 0. The third kappa shape index (κ3) is 7.40. The fourth-order valence-corrected chi connectivity index (χ4v) is 2.23. The van der Waals surface area contributed by atoms with Crippen molar-refractivity contribution in [1.29, 1.82) is 0 Å². The van der Waals surface area contributed by atoms with Crippen molar-refractivity contribution in [2.45, 2.75) is 39.4 Å². The Morgan fingerprint density at radius 3 is 2.32 bits per heavy atom. The summed E-state index contributed by atoms with van der Waals surface area (Å²) in [4.78, 5) is 12.1. The van der Waals surface area contributed by atoms with Crippen LogP contribution in [-0.4, -0.2) is 24.8 Å². The Bertz CT molecular complexity index is 659. The number of ether oxygens (including phenoxy) is 3. The van der Waals surface area contributed by atoms with Gasteiger partial charge >= 0.3 is 5.97 Å². The maximum Gasteiger partial charge on any atom is 0.310 e. The van der Waals surface area contributed by atoms with Crippen molar-refractivity contribution < 1.29 is 19.0 Å². The van der Waals surface area contributed by atoms with Gasteiger partial charge in [0.25, 0.3) is 0 Å². The normalized spacial score (nSPS) is 11.2. The highest BCUT2D eigenvalue weighted by Gasteiger charge is 2.12. The summed E-state index contributed by atoms with van der Waals surface area (Å²) in [5.74, 6) is 0.419. The van der Waals surface area contributed by atoms with Crippen LogP contribution in [0.5, 0.6) is 5.75 Å². The van der Waals surface area contributed by atoms with E-state index in [1.165, 1.54) is 0 Å². The SMILES string of the molecule is CC(C)(C)OCCOc1ccccc1CC(=O)OCc1ccccc1. The first kappa shape index (κ1) is 19.0. The van der Waals surface area contributed by atoms with Crippen molar-refractivity contribution >= 4 is 5.97 Å². The highest BCUT2D eigenvalue weighted by Crippen LogP contribution is 2.19. The van der Waals surface area contributed by atoms with Gasteiger partial charge in [-0.1, -0.05) is 48.5 Å². The molecule has 0 fully saturated rings. The molecular weight excluding hydrogens is 316 g/mol. The van der Waals surface area contributed by atoms with E-state index in [2.05, 4.69) is 0 Å². The standard InChI is InChI=1S/C21H26O4/c1-21(2,3)25-14-13-23-19-12-8-7-11-18(19)15-20(22)24-16-17-9-5-4-6-10-17/h4-12H,13-16H2,1-3H3. The van der Waals surface area contributed by atoms with Gasteiger partial charge in [0.1, 0.15) is 19.0 Å². The van der Waals surface area contributed by atoms with E-state index in [-0.39, 0.29) is 24.6 Å². The predicted octanol–water partition coefficient (Wildman–Crippen LogP) is 4.17. The van der Waals surface area contributed by atoms with Gasteiger partial charge in [-0.05, 0) is 32.4 Å². The molecule has 0 atom stereocenters. The topological polar surface area (TPSA) is 44.8 Å². The van der Waals surface area contributed by atoms with Crippen LogP contribution in [0.3, 0.4) is 0 Å². The molecule has 0 unspecified atom stereocenters. The molecule has 0 aliphatic rings. The smallest absolute Gasteiger partial charge is 0.310 e. The molecule has 0 heterocycles. The molecule has 0 amide bonds. The molecule has 4 heteroatoms. The fraction of sp³-hybridized carbons (Fsp3) is 0.381. The van der Waals surface area contributed by atoms with Gasteiger partial charge in [-0.2, -0.15) is 0 Å². The number of hydrogen-bond acceptors (Lipinski definition) is 4. The highest BCUT2D eigenvalue weighted by molar-refractivity contribution is 5.73. The maximum absolute atomic E-state index is 12.1. The zero-order chi connectivity index (χ0) is 18.1. The van der Waals surface area contributed by atoms with E-state index in [0.29, 0.717) is 19.0 Å². The second-order valence-corrected chi connectivity index (χ2v) is 6.74. The third-order valence-corrected chi connectivity index (χ3v) is 3.43. The first-order valence-electron chi connectivity index (χ1n) is 8.48. The molecule has 0 N–H and O–H groups in total. The molecule has 0 aliphatic carbocycles. The molecule has 0 spiro atoms. The lowest BCUT2D eigenvalue weighted by molar-refractivity contribution is -0.144. The van der Waals surface area contributed by atoms with E-state index in [1.54, 1.807) is 0 Å². The van der Waals surface area contributed by atoms with E-state index in [4.69, 9.17) is 14.2 Å². The van der Waals surface area contributed by atoms with E-state index >= 15 is 0 Å². The first-order chi connectivity index (χ1) is 11.9. The van der Waals surface area contributed by atoms with Crippen LogP contribution < -0.4 is 4.74 Å². The molecule has 4 nitrogen and oxygen atoms in total. The summed E-state index contributed by atoms with van der Waals surface area (Å²) in [7, 11) is 0. The van der Waals surface area contributed by atoms with Gasteiger partial charge < -0.3 is 14.2 Å². The van der Waals surface area contributed by atoms with Crippen LogP contribution in [0.1, 0.15) is 31.9 Å². The molecule has 0 bridgehead atoms. The molecule has 134 valence electrons. The van der Waals surface area contributed by atoms with Gasteiger partial charge in [0.05, 0.1) is 18.6 Å². The van der Waals surface area contributed by atoms with Crippen LogP contribution in [0.2, 0.25) is 0 Å². The van der Waals surface area contributed by atoms with Crippen molar-refractivity contribution in [2.75, 3.05) is 13.2 Å². The van der Waals surface area contributed by atoms with Crippen LogP contribution in [0.25, 0.3) is 0 Å². The molecule has 25 heavy (non-hydrogen) atoms. The lowest BCUT2D eigenvalue weighted by Crippen LogP contribution is -2.22. The number of benzene rings is 2. The molecule has 0 radical (unpaired) electrons. The van der Waals surface area contributed by atoms with Crippen LogP contribution in [-0.2, 0) is 27.3 Å². The van der Waals surface area contributed by atoms with Gasteiger partial charge in [0.2, 0.25) is 0 Å². The highest BCUT2D eigenvalue weighted by atomic mass is 16.5. The average molecular weight is 342 g/mol. The second-order valence-electron chi connectivity index (χ2n) is 6.74. The number of carbonyl (C=O) groups is 1. The van der Waals surface area contributed by atoms with Gasteiger partial charge in [-0.3, -0.25) is 4.79 Å². The zero-order valence-electron chi connectivity index (χ0n) is 15.2. The Morgan fingerprint density at radius 2 is 1.60 bits per heavy atom. The largest absolute Gasteiger partial charge is 0.491 e. The molecule has 0 aliphatic heterocycles. The van der Waals surface area contributed by atoms with Crippen molar-refractivity contribution in [3.8, 4) is 5.75 Å². The Balaban J connectivity index is 1.83. The van der Waals surface area contributed by atoms with Gasteiger partial charge in [-0.25, -0.2) is 0 Å². The molecule has 0 saturated heterocycles. The number of esters is 1. The second kappa shape index (κ2) is 9.23. The van der Waals surface area contributed by atoms with Gasteiger partial charge in [0, 0.05) is 5.56 Å². The van der Waals surface area contributed by atoms with Crippen molar-refractivity contribution in [1.82, 2.24) is 0 Å². The van der Waals surface area contributed by atoms with E-state index in [0.717, 1.165) is 11.1 Å². The Hall–Kier alpha value is -2.33. The number of para-hydroxylation sites is 1. The summed E-state index contributed by atoms with van der Waals surface area (Å²) in [6, 6.07) is 17.1. The first-order valence-corrected chi connectivity index (χ1v) is 8.48. The van der Waals surface area contributed by atoms with Gasteiger partial charge in [0.15, 0.2) is 0 Å². The van der Waals surface area contributed by atoms with Gasteiger partial charge in [-0.15, -0.1) is 0 Å². The summed E-state index contributed by atoms with van der Waals surface area (Å²) in [5, 5.41) is 0. The molecule has 2 rings (SSSR count). The van der Waals surface area contributed by atoms with Crippen molar-refractivity contribution in [2.24, 2.45) is 0 Å². The molecule has 2 aromatic carbocycles. The Morgan fingerprint density at radius 1 is 0.920 bits per heavy atom. The Kier molecular flexibility index (Phi) is 7.02. The molecular formula is C21H26O4. The van der Waals surface area contributed by atoms with Crippen LogP contribution in [0.4, 0.5) is 0 Å².